The monoisotopic (exact) mass is 458 g/mol. The number of anilines is 1. The second-order valence-electron chi connectivity index (χ2n) is 9.07. The van der Waals surface area contributed by atoms with Gasteiger partial charge in [-0.2, -0.15) is 5.10 Å². The van der Waals surface area contributed by atoms with Crippen molar-refractivity contribution in [1.82, 2.24) is 25.1 Å². The Morgan fingerprint density at radius 2 is 2.00 bits per heavy atom. The summed E-state index contributed by atoms with van der Waals surface area (Å²) in [6, 6.07) is 6.64. The number of nitrogens with zero attached hydrogens (tertiary/aromatic N) is 5. The fourth-order valence-electron chi connectivity index (χ4n) is 5.43. The van der Waals surface area contributed by atoms with Crippen molar-refractivity contribution < 1.29 is 9.13 Å². The lowest BCUT2D eigenvalue weighted by atomic mass is 9.85. The lowest BCUT2D eigenvalue weighted by Crippen LogP contribution is -2.37. The maximum atomic E-state index is 14.7. The largest absolute Gasteiger partial charge is 0.374 e. The van der Waals surface area contributed by atoms with Crippen LogP contribution in [0.2, 0.25) is 0 Å². The fourth-order valence-corrected chi connectivity index (χ4v) is 5.43. The van der Waals surface area contributed by atoms with Gasteiger partial charge in [0.25, 0.3) is 0 Å². The van der Waals surface area contributed by atoms with Crippen LogP contribution in [0.5, 0.6) is 0 Å². The summed E-state index contributed by atoms with van der Waals surface area (Å²) in [6.45, 7) is 6.88. The third kappa shape index (κ3) is 3.54. The molecule has 3 saturated heterocycles. The number of rotatable bonds is 3. The molecule has 5 heterocycles. The third-order valence-corrected chi connectivity index (χ3v) is 6.99. The summed E-state index contributed by atoms with van der Waals surface area (Å²) < 4.78 is 22.3. The van der Waals surface area contributed by atoms with E-state index in [1.807, 2.05) is 23.9 Å². The zero-order valence-corrected chi connectivity index (χ0v) is 19.1. The van der Waals surface area contributed by atoms with E-state index in [-0.39, 0.29) is 18.3 Å². The quantitative estimate of drug-likeness (QED) is 0.649. The maximum Gasteiger partial charge on any atom is 0.159 e. The van der Waals surface area contributed by atoms with Crippen molar-refractivity contribution in [2.75, 3.05) is 31.1 Å². The summed E-state index contributed by atoms with van der Waals surface area (Å²) in [5.41, 5.74) is 3.15. The number of fused-ring (bicyclic) bond motifs is 3. The van der Waals surface area contributed by atoms with Crippen LogP contribution in [0.25, 0.3) is 16.7 Å². The van der Waals surface area contributed by atoms with Crippen LogP contribution >= 0.6 is 12.4 Å². The molecule has 2 bridgehead atoms. The van der Waals surface area contributed by atoms with Gasteiger partial charge in [0.1, 0.15) is 17.8 Å². The first-order chi connectivity index (χ1) is 15.1. The molecule has 6 rings (SSSR count). The van der Waals surface area contributed by atoms with Crippen molar-refractivity contribution in [2.24, 2.45) is 0 Å². The molecule has 0 amide bonds. The normalized spacial score (nSPS) is 27.2. The van der Waals surface area contributed by atoms with Crippen LogP contribution in [0, 0.1) is 13.8 Å². The lowest BCUT2D eigenvalue weighted by Gasteiger charge is -2.28. The topological polar surface area (TPSA) is 68.1 Å². The average molecular weight is 459 g/mol. The molecule has 9 heteroatoms. The van der Waals surface area contributed by atoms with E-state index in [4.69, 9.17) is 9.72 Å². The van der Waals surface area contributed by atoms with Gasteiger partial charge in [-0.25, -0.2) is 19.0 Å². The van der Waals surface area contributed by atoms with Crippen LogP contribution in [0.4, 0.5) is 10.2 Å². The molecule has 32 heavy (non-hydrogen) atoms. The molecule has 4 atom stereocenters. The molecule has 1 aromatic carbocycles. The van der Waals surface area contributed by atoms with E-state index < -0.39 is 6.17 Å². The molecule has 0 radical (unpaired) electrons. The van der Waals surface area contributed by atoms with E-state index in [0.717, 1.165) is 66.2 Å². The number of hydrogen-bond donors (Lipinski definition) is 1. The molecule has 3 aliphatic rings. The number of piperidine rings is 1. The minimum absolute atomic E-state index is 0. The first kappa shape index (κ1) is 21.6. The standard InChI is InChI=1S/C23H27FN6O.ClH/c1-13-5-15-9-26-30(21(15)7-19(13)18-3-4-25-10-20(18)24)23-8-22(27-14(2)28-23)29-11-17-6-16(29)12-31-17;/h5,7-9,16-18,20,25H,3-4,6,10-12H2,1-2H3;1H/t16-,17-,18?,20?;/m1./s1. The Bertz CT molecular complexity index is 1150. The maximum absolute atomic E-state index is 14.7. The van der Waals surface area contributed by atoms with Crippen LogP contribution in [0.3, 0.4) is 0 Å². The molecule has 2 aromatic heterocycles. The van der Waals surface area contributed by atoms with Gasteiger partial charge in [0.15, 0.2) is 5.82 Å². The molecule has 7 nitrogen and oxygen atoms in total. The number of halogens is 2. The summed E-state index contributed by atoms with van der Waals surface area (Å²) in [6.07, 6.45) is 3.16. The van der Waals surface area contributed by atoms with Gasteiger partial charge in [-0.15, -0.1) is 12.4 Å². The van der Waals surface area contributed by atoms with E-state index in [1.165, 1.54) is 0 Å². The fraction of sp³-hybridized carbons (Fsp3) is 0.522. The highest BCUT2D eigenvalue weighted by molar-refractivity contribution is 5.85. The van der Waals surface area contributed by atoms with Gasteiger partial charge < -0.3 is 15.0 Å². The summed E-state index contributed by atoms with van der Waals surface area (Å²) in [4.78, 5) is 11.7. The Balaban J connectivity index is 0.00000216. The molecule has 3 fully saturated rings. The van der Waals surface area contributed by atoms with Crippen LogP contribution in [-0.2, 0) is 4.74 Å². The molecule has 2 unspecified atom stereocenters. The number of benzene rings is 1. The zero-order chi connectivity index (χ0) is 21.1. The van der Waals surface area contributed by atoms with Gasteiger partial charge in [-0.05, 0) is 56.5 Å². The molecule has 0 spiro atoms. The van der Waals surface area contributed by atoms with Crippen LogP contribution in [0.1, 0.15) is 35.7 Å². The number of aromatic nitrogens is 4. The van der Waals surface area contributed by atoms with Crippen molar-refractivity contribution in [3.05, 3.63) is 41.3 Å². The first-order valence-electron chi connectivity index (χ1n) is 11.1. The van der Waals surface area contributed by atoms with Gasteiger partial charge in [0.05, 0.1) is 30.5 Å². The van der Waals surface area contributed by atoms with Crippen LogP contribution in [-0.4, -0.2) is 64.3 Å². The number of ether oxygens (including phenoxy) is 1. The minimum Gasteiger partial charge on any atom is -0.374 e. The van der Waals surface area contributed by atoms with Gasteiger partial charge in [-0.1, -0.05) is 0 Å². The van der Waals surface area contributed by atoms with Crippen LogP contribution < -0.4 is 10.2 Å². The number of hydrogen-bond acceptors (Lipinski definition) is 6. The minimum atomic E-state index is -0.873. The summed E-state index contributed by atoms with van der Waals surface area (Å²) in [5, 5.41) is 8.84. The van der Waals surface area contributed by atoms with E-state index in [2.05, 4.69) is 39.4 Å². The summed E-state index contributed by atoms with van der Waals surface area (Å²) in [7, 11) is 0. The van der Waals surface area contributed by atoms with E-state index in [9.17, 15) is 4.39 Å². The highest BCUT2D eigenvalue weighted by Gasteiger charge is 2.40. The van der Waals surface area contributed by atoms with Gasteiger partial charge >= 0.3 is 0 Å². The molecule has 3 aliphatic heterocycles. The molecular weight excluding hydrogens is 431 g/mol. The summed E-state index contributed by atoms with van der Waals surface area (Å²) >= 11 is 0. The van der Waals surface area contributed by atoms with E-state index >= 15 is 0 Å². The highest BCUT2D eigenvalue weighted by atomic mass is 35.5. The third-order valence-electron chi connectivity index (χ3n) is 6.99. The SMILES string of the molecule is Cc1nc(N2C[C@H]3C[C@@H]2CO3)cc(-n2ncc3cc(C)c(C4CCNCC4F)cc32)n1.Cl. The van der Waals surface area contributed by atoms with Crippen molar-refractivity contribution in [3.63, 3.8) is 0 Å². The Morgan fingerprint density at radius 3 is 2.75 bits per heavy atom. The Morgan fingerprint density at radius 1 is 1.16 bits per heavy atom. The molecular formula is C23H28ClFN6O. The van der Waals surface area contributed by atoms with Crippen molar-refractivity contribution in [1.29, 1.82) is 0 Å². The van der Waals surface area contributed by atoms with Gasteiger partial charge in [-0.3, -0.25) is 0 Å². The van der Waals surface area contributed by atoms with Crippen LogP contribution in [0.15, 0.2) is 24.4 Å². The zero-order valence-electron chi connectivity index (χ0n) is 18.3. The molecule has 0 saturated carbocycles. The predicted octanol–water partition coefficient (Wildman–Crippen LogP) is 3.25. The first-order valence-corrected chi connectivity index (χ1v) is 11.1. The second kappa shape index (κ2) is 8.24. The summed E-state index contributed by atoms with van der Waals surface area (Å²) in [5.74, 6) is 2.31. The Kier molecular flexibility index (Phi) is 5.55. The molecule has 3 aromatic rings. The number of nitrogens with one attached hydrogen (secondary N) is 1. The predicted molar refractivity (Wildman–Crippen MR) is 124 cm³/mol. The lowest BCUT2D eigenvalue weighted by molar-refractivity contribution is 0.0988. The van der Waals surface area contributed by atoms with E-state index in [1.54, 1.807) is 0 Å². The van der Waals surface area contributed by atoms with Crippen molar-refractivity contribution in [2.45, 2.75) is 50.9 Å². The number of morpholine rings is 1. The van der Waals surface area contributed by atoms with Crippen molar-refractivity contribution in [3.8, 4) is 5.82 Å². The van der Waals surface area contributed by atoms with Gasteiger partial charge in [0, 0.05) is 30.5 Å². The number of alkyl halides is 1. The molecule has 1 N–H and O–H groups in total. The highest BCUT2D eigenvalue weighted by Crippen LogP contribution is 2.35. The smallest absolute Gasteiger partial charge is 0.159 e. The van der Waals surface area contributed by atoms with Gasteiger partial charge in [0.2, 0.25) is 0 Å². The van der Waals surface area contributed by atoms with Crippen molar-refractivity contribution >= 4 is 29.1 Å². The Hall–Kier alpha value is -2.29. The number of aryl methyl sites for hydroxylation is 2. The van der Waals surface area contributed by atoms with E-state index in [0.29, 0.717) is 24.5 Å². The Labute approximate surface area is 192 Å². The average Bonchev–Trinajstić information content (AvgIpc) is 3.49. The molecule has 170 valence electrons. The molecule has 0 aliphatic carbocycles. The second-order valence-corrected chi connectivity index (χ2v) is 9.07.